The fraction of sp³-hybridized carbons (Fsp3) is 0.941. The molecule has 2 aliphatic heterocycles. The normalized spacial score (nSPS) is 30.7. The van der Waals surface area contributed by atoms with E-state index < -0.39 is 86.6 Å². The average Bonchev–Trinajstić information content (AvgIpc) is 3.08. The number of ether oxygens (including phenoxy) is 5. The Balaban J connectivity index is 1.90. The van der Waals surface area contributed by atoms with Gasteiger partial charge < -0.3 is 54.3 Å². The van der Waals surface area contributed by atoms with Crippen LogP contribution in [-0.2, 0) is 33.3 Å². The largest absolute Gasteiger partial charge is 0.455 e. The molecule has 0 aromatic carbocycles. The van der Waals surface area contributed by atoms with Gasteiger partial charge in [-0.3, -0.25) is 9.59 Å². The predicted octanol–water partition coefficient (Wildman–Crippen LogP) is 2.72. The van der Waals surface area contributed by atoms with E-state index in [-0.39, 0.29) is 12.8 Å². The van der Waals surface area contributed by atoms with Crippen molar-refractivity contribution in [2.24, 2.45) is 0 Å². The molecule has 6 N–H and O–H groups in total. The van der Waals surface area contributed by atoms with Gasteiger partial charge in [0.25, 0.3) is 0 Å². The molecule has 0 amide bonds. The van der Waals surface area contributed by atoms with Gasteiger partial charge in [-0.1, -0.05) is 96.8 Å². The lowest BCUT2D eigenvalue weighted by molar-refractivity contribution is -0.377. The summed E-state index contributed by atoms with van der Waals surface area (Å²) in [4.78, 5) is 25.6. The third-order valence-electron chi connectivity index (χ3n) is 8.94. The van der Waals surface area contributed by atoms with Crippen molar-refractivity contribution in [1.29, 1.82) is 0 Å². The van der Waals surface area contributed by atoms with Crippen LogP contribution in [0.4, 0.5) is 0 Å². The zero-order valence-electron chi connectivity index (χ0n) is 28.9. The van der Waals surface area contributed by atoms with Crippen molar-refractivity contribution in [2.45, 2.75) is 177 Å². The smallest absolute Gasteiger partial charge is 0.307 e. The molecule has 0 aromatic rings. The fourth-order valence-electron chi connectivity index (χ4n) is 5.97. The van der Waals surface area contributed by atoms with Crippen molar-refractivity contribution in [2.75, 3.05) is 25.2 Å². The number of aliphatic hydroxyl groups is 6. The SMILES string of the molecule is CCCCCCCCCCCCCCCCCC(=O)O[C@H]1[C@@H](O[C@H]2O[C@H](CO)[C@@H](O)[C@H](O)[C@H]2O)O[C@H](CO)[C@@H](O)[C@@H]1OC(=O)CCSC. The van der Waals surface area contributed by atoms with Crippen LogP contribution in [0.1, 0.15) is 116 Å². The summed E-state index contributed by atoms with van der Waals surface area (Å²) in [6.45, 7) is 0.815. The second-order valence-electron chi connectivity index (χ2n) is 12.9. The van der Waals surface area contributed by atoms with E-state index in [1.165, 1.54) is 76.0 Å². The Morgan fingerprint density at radius 3 is 1.56 bits per heavy atom. The Labute approximate surface area is 290 Å². The molecule has 14 heteroatoms. The topological polar surface area (TPSA) is 202 Å². The number of thioether (sulfide) groups is 1. The van der Waals surface area contributed by atoms with Crippen molar-refractivity contribution in [3.63, 3.8) is 0 Å². The lowest BCUT2D eigenvalue weighted by Gasteiger charge is -2.46. The van der Waals surface area contributed by atoms with E-state index >= 15 is 0 Å². The lowest BCUT2D eigenvalue weighted by Crippen LogP contribution is -2.65. The third kappa shape index (κ3) is 15.0. The van der Waals surface area contributed by atoms with E-state index in [2.05, 4.69) is 6.92 Å². The predicted molar refractivity (Wildman–Crippen MR) is 179 cm³/mol. The number of hydrogen-bond donors (Lipinski definition) is 6. The highest BCUT2D eigenvalue weighted by molar-refractivity contribution is 7.98. The van der Waals surface area contributed by atoms with Crippen LogP contribution in [0.15, 0.2) is 0 Å². The third-order valence-corrected chi connectivity index (χ3v) is 9.56. The number of aliphatic hydroxyl groups excluding tert-OH is 6. The molecule has 48 heavy (non-hydrogen) atoms. The van der Waals surface area contributed by atoms with Gasteiger partial charge in [-0.15, -0.1) is 0 Å². The second-order valence-corrected chi connectivity index (χ2v) is 13.9. The molecule has 10 atom stereocenters. The number of carbonyl (C=O) groups excluding carboxylic acids is 2. The van der Waals surface area contributed by atoms with Crippen LogP contribution >= 0.6 is 11.8 Å². The summed E-state index contributed by atoms with van der Waals surface area (Å²) in [5.74, 6) is -0.890. The van der Waals surface area contributed by atoms with Crippen LogP contribution < -0.4 is 0 Å². The minimum absolute atomic E-state index is 0.00701. The Bertz CT molecular complexity index is 865. The van der Waals surface area contributed by atoms with Gasteiger partial charge in [0.1, 0.15) is 36.6 Å². The van der Waals surface area contributed by atoms with Crippen LogP contribution in [0.25, 0.3) is 0 Å². The molecule has 0 aliphatic carbocycles. The molecule has 2 aliphatic rings. The van der Waals surface area contributed by atoms with Gasteiger partial charge in [0.05, 0.1) is 19.6 Å². The summed E-state index contributed by atoms with van der Waals surface area (Å²) < 4.78 is 28.0. The van der Waals surface area contributed by atoms with Crippen molar-refractivity contribution in [3.05, 3.63) is 0 Å². The van der Waals surface area contributed by atoms with Crippen molar-refractivity contribution >= 4 is 23.7 Å². The van der Waals surface area contributed by atoms with Gasteiger partial charge in [0.2, 0.25) is 6.29 Å². The quantitative estimate of drug-likeness (QED) is 0.0597. The van der Waals surface area contributed by atoms with Gasteiger partial charge in [-0.05, 0) is 12.7 Å². The first-order valence-electron chi connectivity index (χ1n) is 18.0. The van der Waals surface area contributed by atoms with E-state index in [1.807, 2.05) is 6.26 Å². The Hall–Kier alpha value is -1.07. The first-order valence-corrected chi connectivity index (χ1v) is 19.4. The summed E-state index contributed by atoms with van der Waals surface area (Å²) >= 11 is 1.41. The standard InChI is InChI=1S/C34H62O13S/c1-3-4-5-6-7-8-9-10-11-12-13-14-15-16-17-18-25(37)46-32-31(45-26(38)19-20-48-2)28(40)24(22-36)44-34(32)47-33-30(42)29(41)27(39)23(21-35)43-33/h23-24,27-36,39-42H,3-22H2,1-2H3/t23-,24-,27-,28-,29+,30-,31+,32-,33-,34-/m1/s1. The number of rotatable bonds is 25. The van der Waals surface area contributed by atoms with Gasteiger partial charge in [-0.2, -0.15) is 11.8 Å². The van der Waals surface area contributed by atoms with E-state index in [0.717, 1.165) is 25.7 Å². The van der Waals surface area contributed by atoms with Gasteiger partial charge >= 0.3 is 11.9 Å². The molecular weight excluding hydrogens is 648 g/mol. The zero-order valence-corrected chi connectivity index (χ0v) is 29.7. The van der Waals surface area contributed by atoms with Gasteiger partial charge in [0, 0.05) is 12.2 Å². The molecule has 0 saturated carbocycles. The summed E-state index contributed by atoms with van der Waals surface area (Å²) in [6.07, 6.45) is 3.79. The Morgan fingerprint density at radius 2 is 1.04 bits per heavy atom. The molecule has 0 aromatic heterocycles. The highest BCUT2D eigenvalue weighted by Gasteiger charge is 2.53. The molecule has 0 radical (unpaired) electrons. The monoisotopic (exact) mass is 710 g/mol. The Kier molecular flexibility index (Phi) is 22.4. The zero-order chi connectivity index (χ0) is 35.3. The van der Waals surface area contributed by atoms with E-state index in [9.17, 15) is 40.2 Å². The summed E-state index contributed by atoms with van der Waals surface area (Å²) in [6, 6.07) is 0. The van der Waals surface area contributed by atoms with Crippen LogP contribution in [-0.4, -0.2) is 129 Å². The maximum absolute atomic E-state index is 13.0. The summed E-state index contributed by atoms with van der Waals surface area (Å²) in [7, 11) is 0. The number of hydrogen-bond acceptors (Lipinski definition) is 14. The molecule has 2 saturated heterocycles. The highest BCUT2D eigenvalue weighted by atomic mass is 32.2. The molecule has 2 heterocycles. The van der Waals surface area contributed by atoms with Crippen LogP contribution in [0.3, 0.4) is 0 Å². The fourth-order valence-corrected chi connectivity index (χ4v) is 6.34. The number of esters is 2. The average molecular weight is 711 g/mol. The van der Waals surface area contributed by atoms with E-state index in [0.29, 0.717) is 12.2 Å². The molecule has 13 nitrogen and oxygen atoms in total. The Morgan fingerprint density at radius 1 is 0.583 bits per heavy atom. The van der Waals surface area contributed by atoms with Gasteiger partial charge in [0.15, 0.2) is 18.5 Å². The molecule has 0 bridgehead atoms. The maximum Gasteiger partial charge on any atom is 0.307 e. The number of carbonyl (C=O) groups is 2. The molecular formula is C34H62O13S. The lowest BCUT2D eigenvalue weighted by atomic mass is 9.97. The van der Waals surface area contributed by atoms with Crippen LogP contribution in [0.2, 0.25) is 0 Å². The molecule has 0 spiro atoms. The van der Waals surface area contributed by atoms with Crippen molar-refractivity contribution < 1.29 is 63.9 Å². The molecule has 0 unspecified atom stereocenters. The highest BCUT2D eigenvalue weighted by Crippen LogP contribution is 2.31. The van der Waals surface area contributed by atoms with Gasteiger partial charge in [-0.25, -0.2) is 0 Å². The second kappa shape index (κ2) is 25.0. The minimum Gasteiger partial charge on any atom is -0.455 e. The van der Waals surface area contributed by atoms with E-state index in [1.54, 1.807) is 0 Å². The van der Waals surface area contributed by atoms with E-state index in [4.69, 9.17) is 23.7 Å². The summed E-state index contributed by atoms with van der Waals surface area (Å²) in [5, 5.41) is 61.2. The maximum atomic E-state index is 13.0. The first kappa shape index (κ1) is 43.1. The molecule has 2 fully saturated rings. The minimum atomic E-state index is -1.80. The number of unbranched alkanes of at least 4 members (excludes halogenated alkanes) is 14. The summed E-state index contributed by atoms with van der Waals surface area (Å²) in [5.41, 5.74) is 0. The van der Waals surface area contributed by atoms with Crippen LogP contribution in [0.5, 0.6) is 0 Å². The molecule has 282 valence electrons. The molecule has 2 rings (SSSR count). The van der Waals surface area contributed by atoms with Crippen molar-refractivity contribution in [3.8, 4) is 0 Å². The van der Waals surface area contributed by atoms with Crippen molar-refractivity contribution in [1.82, 2.24) is 0 Å². The first-order chi connectivity index (χ1) is 23.2. The van der Waals surface area contributed by atoms with Crippen LogP contribution in [0, 0.1) is 0 Å².